The van der Waals surface area contributed by atoms with Crippen LogP contribution in [0, 0.1) is 17.3 Å². The molecule has 4 nitrogen and oxygen atoms in total. The fourth-order valence-corrected chi connectivity index (χ4v) is 3.32. The van der Waals surface area contributed by atoms with Gasteiger partial charge >= 0.3 is 5.97 Å². The van der Waals surface area contributed by atoms with Crippen molar-refractivity contribution in [2.24, 2.45) is 17.3 Å². The number of carbonyl (C=O) groups is 1. The Morgan fingerprint density at radius 2 is 1.82 bits per heavy atom. The second-order valence-corrected chi connectivity index (χ2v) is 6.10. The van der Waals surface area contributed by atoms with E-state index in [2.05, 4.69) is 19.2 Å². The van der Waals surface area contributed by atoms with Crippen LogP contribution >= 0.6 is 0 Å². The highest BCUT2D eigenvalue weighted by Crippen LogP contribution is 2.47. The van der Waals surface area contributed by atoms with Crippen LogP contribution < -0.4 is 5.32 Å². The molecule has 1 saturated carbocycles. The molecule has 2 rings (SSSR count). The van der Waals surface area contributed by atoms with Crippen LogP contribution in [0.15, 0.2) is 0 Å². The highest BCUT2D eigenvalue weighted by Gasteiger charge is 2.60. The van der Waals surface area contributed by atoms with E-state index < -0.39 is 17.0 Å². The molecule has 98 valence electrons. The largest absolute Gasteiger partial charge is 0.481 e. The predicted molar refractivity (Wildman–Crippen MR) is 64.7 cm³/mol. The number of aliphatic hydroxyl groups is 1. The number of carboxylic acid groups (broad SMARTS) is 1. The molecule has 0 amide bonds. The van der Waals surface area contributed by atoms with Crippen LogP contribution in [0.4, 0.5) is 0 Å². The van der Waals surface area contributed by atoms with Crippen LogP contribution in [0.1, 0.15) is 39.5 Å². The molecule has 2 fully saturated rings. The summed E-state index contributed by atoms with van der Waals surface area (Å²) >= 11 is 0. The average molecular weight is 241 g/mol. The topological polar surface area (TPSA) is 69.6 Å². The lowest BCUT2D eigenvalue weighted by Crippen LogP contribution is -2.70. The van der Waals surface area contributed by atoms with Crippen molar-refractivity contribution in [1.82, 2.24) is 5.32 Å². The van der Waals surface area contributed by atoms with Crippen LogP contribution in [0.2, 0.25) is 0 Å². The zero-order valence-electron chi connectivity index (χ0n) is 10.7. The van der Waals surface area contributed by atoms with Gasteiger partial charge in [-0.15, -0.1) is 0 Å². The van der Waals surface area contributed by atoms with Gasteiger partial charge in [0.05, 0.1) is 5.60 Å². The average Bonchev–Trinajstić information content (AvgIpc) is 2.14. The molecule has 2 aliphatic rings. The van der Waals surface area contributed by atoms with Gasteiger partial charge in [-0.1, -0.05) is 13.8 Å². The van der Waals surface area contributed by atoms with Crippen LogP contribution in [-0.2, 0) is 4.79 Å². The zero-order chi connectivity index (χ0) is 12.7. The summed E-state index contributed by atoms with van der Waals surface area (Å²) in [5.74, 6) is 0.413. The highest BCUT2D eigenvalue weighted by atomic mass is 16.4. The Labute approximate surface area is 102 Å². The summed E-state index contributed by atoms with van der Waals surface area (Å²) < 4.78 is 0. The van der Waals surface area contributed by atoms with E-state index in [9.17, 15) is 15.0 Å². The number of rotatable bonds is 3. The van der Waals surface area contributed by atoms with E-state index in [1.54, 1.807) is 0 Å². The quantitative estimate of drug-likeness (QED) is 0.695. The maximum atomic E-state index is 11.4. The van der Waals surface area contributed by atoms with Crippen LogP contribution in [0.3, 0.4) is 0 Å². The Hall–Kier alpha value is -0.610. The summed E-state index contributed by atoms with van der Waals surface area (Å²) in [6, 6.07) is 0. The third-order valence-corrected chi connectivity index (χ3v) is 4.95. The van der Waals surface area contributed by atoms with E-state index in [1.165, 1.54) is 0 Å². The van der Waals surface area contributed by atoms with E-state index in [-0.39, 0.29) is 0 Å². The van der Waals surface area contributed by atoms with Gasteiger partial charge in [-0.25, -0.2) is 0 Å². The fourth-order valence-electron chi connectivity index (χ4n) is 3.32. The van der Waals surface area contributed by atoms with Crippen molar-refractivity contribution in [3.05, 3.63) is 0 Å². The smallest absolute Gasteiger partial charge is 0.315 e. The van der Waals surface area contributed by atoms with Gasteiger partial charge in [-0.2, -0.15) is 0 Å². The molecule has 0 aromatic carbocycles. The summed E-state index contributed by atoms with van der Waals surface area (Å²) in [5.41, 5.74) is -1.94. The lowest BCUT2D eigenvalue weighted by atomic mass is 9.59. The van der Waals surface area contributed by atoms with Crippen LogP contribution in [0.25, 0.3) is 0 Å². The molecule has 0 bridgehead atoms. The van der Waals surface area contributed by atoms with Crippen molar-refractivity contribution >= 4 is 5.97 Å². The van der Waals surface area contributed by atoms with Gasteiger partial charge in [-0.3, -0.25) is 4.79 Å². The summed E-state index contributed by atoms with van der Waals surface area (Å²) in [6.45, 7) is 5.22. The van der Waals surface area contributed by atoms with Gasteiger partial charge in [0.1, 0.15) is 5.41 Å². The monoisotopic (exact) mass is 241 g/mol. The molecule has 1 saturated heterocycles. The number of hydrogen-bond donors (Lipinski definition) is 3. The maximum Gasteiger partial charge on any atom is 0.315 e. The Kier molecular flexibility index (Phi) is 3.21. The van der Waals surface area contributed by atoms with Gasteiger partial charge < -0.3 is 15.5 Å². The van der Waals surface area contributed by atoms with Gasteiger partial charge in [0, 0.05) is 13.1 Å². The molecule has 0 aromatic rings. The number of nitrogens with one attached hydrogen (secondary N) is 1. The maximum absolute atomic E-state index is 11.4. The molecule has 1 aliphatic heterocycles. The minimum atomic E-state index is -1.00. The lowest BCUT2D eigenvalue weighted by Gasteiger charge is -2.53. The Balaban J connectivity index is 2.09. The third kappa shape index (κ3) is 1.87. The van der Waals surface area contributed by atoms with Crippen molar-refractivity contribution in [2.45, 2.75) is 45.1 Å². The Morgan fingerprint density at radius 3 is 2.12 bits per heavy atom. The van der Waals surface area contributed by atoms with E-state index in [1.807, 2.05) is 0 Å². The van der Waals surface area contributed by atoms with E-state index >= 15 is 0 Å². The molecular formula is C13H23NO3. The first kappa shape index (κ1) is 12.8. The van der Waals surface area contributed by atoms with Gasteiger partial charge in [-0.05, 0) is 37.5 Å². The van der Waals surface area contributed by atoms with Gasteiger partial charge in [0.25, 0.3) is 0 Å². The minimum Gasteiger partial charge on any atom is -0.481 e. The van der Waals surface area contributed by atoms with Crippen molar-refractivity contribution in [1.29, 1.82) is 0 Å². The number of carboxylic acids is 1. The summed E-state index contributed by atoms with van der Waals surface area (Å²) in [6.07, 6.45) is 3.15. The van der Waals surface area contributed by atoms with Crippen molar-refractivity contribution in [3.8, 4) is 0 Å². The minimum absolute atomic E-state index is 0.408. The van der Waals surface area contributed by atoms with Crippen molar-refractivity contribution in [2.75, 3.05) is 13.1 Å². The van der Waals surface area contributed by atoms with Crippen LogP contribution in [0.5, 0.6) is 0 Å². The molecular weight excluding hydrogens is 218 g/mol. The molecule has 0 unspecified atom stereocenters. The summed E-state index contributed by atoms with van der Waals surface area (Å²) in [5, 5.41) is 23.1. The second-order valence-electron chi connectivity index (χ2n) is 6.10. The Morgan fingerprint density at radius 1 is 1.29 bits per heavy atom. The van der Waals surface area contributed by atoms with E-state index in [4.69, 9.17) is 0 Å². The first-order valence-electron chi connectivity index (χ1n) is 6.58. The number of hydrogen-bond acceptors (Lipinski definition) is 3. The zero-order valence-corrected chi connectivity index (χ0v) is 10.7. The number of aliphatic carboxylic acids is 1. The molecule has 0 spiro atoms. The summed E-state index contributed by atoms with van der Waals surface area (Å²) in [7, 11) is 0. The van der Waals surface area contributed by atoms with Crippen molar-refractivity contribution in [3.63, 3.8) is 0 Å². The SMILES string of the molecule is CC(C)C1CCC(O)(C2(C(=O)O)CNC2)CC1. The first-order chi connectivity index (χ1) is 7.91. The summed E-state index contributed by atoms with van der Waals surface area (Å²) in [4.78, 5) is 11.4. The Bertz CT molecular complexity index is 302. The van der Waals surface area contributed by atoms with E-state index in [0.29, 0.717) is 37.8 Å². The second kappa shape index (κ2) is 4.25. The molecule has 0 atom stereocenters. The normalized spacial score (nSPS) is 36.6. The molecule has 1 heterocycles. The molecule has 1 aliphatic carbocycles. The van der Waals surface area contributed by atoms with Gasteiger partial charge in [0.2, 0.25) is 0 Å². The fraction of sp³-hybridized carbons (Fsp3) is 0.923. The molecule has 4 heteroatoms. The van der Waals surface area contributed by atoms with E-state index in [0.717, 1.165) is 12.8 Å². The van der Waals surface area contributed by atoms with Gasteiger partial charge in [0.15, 0.2) is 0 Å². The molecule has 0 aromatic heterocycles. The highest BCUT2D eigenvalue weighted by molar-refractivity contribution is 5.78. The van der Waals surface area contributed by atoms with Crippen molar-refractivity contribution < 1.29 is 15.0 Å². The predicted octanol–water partition coefficient (Wildman–Crippen LogP) is 1.24. The first-order valence-corrected chi connectivity index (χ1v) is 6.58. The lowest BCUT2D eigenvalue weighted by molar-refractivity contribution is -0.186. The third-order valence-electron chi connectivity index (χ3n) is 4.95. The molecule has 17 heavy (non-hydrogen) atoms. The molecule has 3 N–H and O–H groups in total. The van der Waals surface area contributed by atoms with Crippen LogP contribution in [-0.4, -0.2) is 34.9 Å². The molecule has 0 radical (unpaired) electrons. The standard InChI is InChI=1S/C13H23NO3/c1-9(2)10-3-5-13(17,6-4-10)12(11(15)16)7-14-8-12/h9-10,14,17H,3-8H2,1-2H3,(H,15,16).